The van der Waals surface area contributed by atoms with Gasteiger partial charge in [-0.25, -0.2) is 0 Å². The first-order chi connectivity index (χ1) is 7.88. The van der Waals surface area contributed by atoms with E-state index in [4.69, 9.17) is 5.26 Å². The van der Waals surface area contributed by atoms with Crippen LogP contribution in [0.25, 0.3) is 0 Å². The topological polar surface area (TPSA) is 39.1 Å². The second-order valence-electron chi connectivity index (χ2n) is 4.61. The van der Waals surface area contributed by atoms with Crippen molar-refractivity contribution in [2.45, 2.75) is 24.9 Å². The maximum absolute atomic E-state index is 8.78. The standard InChI is InChI=1S/C13H15N3/c14-7-10-1-3-11(4-2-10)16-12-5-6-13(16)9-15-8-12/h1-4,12-13,15H,5-6,8-9H2/t12-,13?/m0/s1. The molecule has 1 N–H and O–H groups in total. The van der Waals surface area contributed by atoms with Gasteiger partial charge in [0.25, 0.3) is 0 Å². The molecule has 3 nitrogen and oxygen atoms in total. The molecular weight excluding hydrogens is 198 g/mol. The third kappa shape index (κ3) is 1.46. The Morgan fingerprint density at radius 2 is 1.75 bits per heavy atom. The summed E-state index contributed by atoms with van der Waals surface area (Å²) in [5, 5.41) is 12.3. The average Bonchev–Trinajstić information content (AvgIpc) is 2.59. The number of hydrogen-bond acceptors (Lipinski definition) is 3. The highest BCUT2D eigenvalue weighted by Gasteiger charge is 2.36. The summed E-state index contributed by atoms with van der Waals surface area (Å²) < 4.78 is 0. The zero-order valence-corrected chi connectivity index (χ0v) is 9.19. The number of nitrogens with zero attached hydrogens (tertiary/aromatic N) is 2. The molecule has 1 aromatic carbocycles. The van der Waals surface area contributed by atoms with Crippen LogP contribution in [-0.4, -0.2) is 25.2 Å². The van der Waals surface area contributed by atoms with Crippen LogP contribution in [0.1, 0.15) is 18.4 Å². The Balaban J connectivity index is 1.89. The van der Waals surface area contributed by atoms with Crippen LogP contribution in [0.2, 0.25) is 0 Å². The summed E-state index contributed by atoms with van der Waals surface area (Å²) in [5.41, 5.74) is 2.01. The average molecular weight is 213 g/mol. The van der Waals surface area contributed by atoms with Gasteiger partial charge in [0, 0.05) is 30.9 Å². The van der Waals surface area contributed by atoms with Crippen LogP contribution in [-0.2, 0) is 0 Å². The fourth-order valence-corrected chi connectivity index (χ4v) is 2.91. The molecule has 3 heteroatoms. The summed E-state index contributed by atoms with van der Waals surface area (Å²) >= 11 is 0. The molecule has 3 rings (SSSR count). The quantitative estimate of drug-likeness (QED) is 0.768. The monoisotopic (exact) mass is 213 g/mol. The van der Waals surface area contributed by atoms with Crippen LogP contribution in [0.3, 0.4) is 0 Å². The van der Waals surface area contributed by atoms with E-state index in [0.29, 0.717) is 12.1 Å². The molecule has 2 aliphatic heterocycles. The number of rotatable bonds is 1. The number of hydrogen-bond donors (Lipinski definition) is 1. The van der Waals surface area contributed by atoms with Crippen LogP contribution in [0, 0.1) is 11.3 Å². The molecule has 0 saturated carbocycles. The van der Waals surface area contributed by atoms with E-state index in [9.17, 15) is 0 Å². The van der Waals surface area contributed by atoms with Crippen molar-refractivity contribution in [3.8, 4) is 6.07 Å². The Morgan fingerprint density at radius 3 is 2.31 bits per heavy atom. The van der Waals surface area contributed by atoms with Gasteiger partial charge in [-0.2, -0.15) is 5.26 Å². The third-order valence-electron chi connectivity index (χ3n) is 3.67. The molecule has 16 heavy (non-hydrogen) atoms. The Morgan fingerprint density at radius 1 is 1.12 bits per heavy atom. The summed E-state index contributed by atoms with van der Waals surface area (Å²) in [5.74, 6) is 0. The van der Waals surface area contributed by atoms with Crippen molar-refractivity contribution in [2.24, 2.45) is 0 Å². The molecule has 1 unspecified atom stereocenters. The summed E-state index contributed by atoms with van der Waals surface area (Å²) in [6.45, 7) is 2.19. The van der Waals surface area contributed by atoms with E-state index in [2.05, 4.69) is 28.4 Å². The Labute approximate surface area is 95.7 Å². The highest BCUT2D eigenvalue weighted by atomic mass is 15.3. The number of fused-ring (bicyclic) bond motifs is 2. The third-order valence-corrected chi connectivity index (χ3v) is 3.67. The normalized spacial score (nSPS) is 27.8. The highest BCUT2D eigenvalue weighted by Crippen LogP contribution is 2.32. The Kier molecular flexibility index (Phi) is 2.30. The number of benzene rings is 1. The van der Waals surface area contributed by atoms with Gasteiger partial charge in [0.2, 0.25) is 0 Å². The summed E-state index contributed by atoms with van der Waals surface area (Å²) in [6.07, 6.45) is 2.58. The molecule has 2 atom stereocenters. The lowest BCUT2D eigenvalue weighted by Gasteiger charge is -2.37. The maximum Gasteiger partial charge on any atom is 0.0991 e. The van der Waals surface area contributed by atoms with Crippen LogP contribution in [0.4, 0.5) is 5.69 Å². The van der Waals surface area contributed by atoms with Gasteiger partial charge in [0.05, 0.1) is 11.6 Å². The lowest BCUT2D eigenvalue weighted by molar-refractivity contribution is 0.485. The van der Waals surface area contributed by atoms with Crippen molar-refractivity contribution >= 4 is 5.69 Å². The van der Waals surface area contributed by atoms with Gasteiger partial charge in [0.15, 0.2) is 0 Å². The molecule has 0 radical (unpaired) electrons. The van der Waals surface area contributed by atoms with E-state index in [0.717, 1.165) is 18.7 Å². The Bertz CT molecular complexity index is 402. The van der Waals surface area contributed by atoms with E-state index in [1.165, 1.54) is 18.5 Å². The molecule has 2 aliphatic rings. The first kappa shape index (κ1) is 9.68. The molecule has 2 heterocycles. The van der Waals surface area contributed by atoms with Gasteiger partial charge in [-0.1, -0.05) is 0 Å². The maximum atomic E-state index is 8.78. The summed E-state index contributed by atoms with van der Waals surface area (Å²) in [4.78, 5) is 2.53. The van der Waals surface area contributed by atoms with Gasteiger partial charge in [-0.05, 0) is 37.1 Å². The van der Waals surface area contributed by atoms with Gasteiger partial charge in [-0.15, -0.1) is 0 Å². The minimum Gasteiger partial charge on any atom is -0.363 e. The van der Waals surface area contributed by atoms with Crippen LogP contribution in [0.15, 0.2) is 24.3 Å². The second-order valence-corrected chi connectivity index (χ2v) is 4.61. The first-order valence-corrected chi connectivity index (χ1v) is 5.88. The van der Waals surface area contributed by atoms with Crippen LogP contribution >= 0.6 is 0 Å². The SMILES string of the molecule is N#Cc1ccc(N2C3CC[C@H]2CNC3)cc1. The molecule has 0 aromatic heterocycles. The Hall–Kier alpha value is -1.53. The van der Waals surface area contributed by atoms with Crippen molar-refractivity contribution in [2.75, 3.05) is 18.0 Å². The zero-order chi connectivity index (χ0) is 11.0. The lowest BCUT2D eigenvalue weighted by atomic mass is 10.1. The van der Waals surface area contributed by atoms with E-state index >= 15 is 0 Å². The van der Waals surface area contributed by atoms with E-state index in [-0.39, 0.29) is 0 Å². The molecule has 0 aliphatic carbocycles. The molecule has 0 spiro atoms. The fourth-order valence-electron chi connectivity index (χ4n) is 2.91. The van der Waals surface area contributed by atoms with Crippen molar-refractivity contribution in [1.82, 2.24) is 5.32 Å². The second kappa shape index (κ2) is 3.80. The number of nitriles is 1. The molecule has 0 amide bonds. The van der Waals surface area contributed by atoms with Crippen molar-refractivity contribution in [3.05, 3.63) is 29.8 Å². The number of anilines is 1. The molecule has 2 bridgehead atoms. The molecular formula is C13H15N3. The molecule has 2 fully saturated rings. The number of piperazine rings is 1. The summed E-state index contributed by atoms with van der Waals surface area (Å²) in [7, 11) is 0. The summed E-state index contributed by atoms with van der Waals surface area (Å²) in [6, 6.07) is 11.4. The highest BCUT2D eigenvalue weighted by molar-refractivity contribution is 5.53. The predicted molar refractivity (Wildman–Crippen MR) is 63.3 cm³/mol. The largest absolute Gasteiger partial charge is 0.363 e. The molecule has 2 saturated heterocycles. The van der Waals surface area contributed by atoms with Crippen LogP contribution in [0.5, 0.6) is 0 Å². The van der Waals surface area contributed by atoms with E-state index in [1.54, 1.807) is 0 Å². The van der Waals surface area contributed by atoms with Gasteiger partial charge >= 0.3 is 0 Å². The zero-order valence-electron chi connectivity index (χ0n) is 9.19. The molecule has 1 aromatic rings. The van der Waals surface area contributed by atoms with E-state index in [1.807, 2.05) is 12.1 Å². The fraction of sp³-hybridized carbons (Fsp3) is 0.462. The van der Waals surface area contributed by atoms with Gasteiger partial charge in [0.1, 0.15) is 0 Å². The van der Waals surface area contributed by atoms with E-state index < -0.39 is 0 Å². The van der Waals surface area contributed by atoms with Crippen molar-refractivity contribution in [3.63, 3.8) is 0 Å². The predicted octanol–water partition coefficient (Wildman–Crippen LogP) is 1.50. The van der Waals surface area contributed by atoms with Gasteiger partial charge in [-0.3, -0.25) is 0 Å². The van der Waals surface area contributed by atoms with Gasteiger partial charge < -0.3 is 10.2 Å². The van der Waals surface area contributed by atoms with Crippen molar-refractivity contribution < 1.29 is 0 Å². The van der Waals surface area contributed by atoms with Crippen molar-refractivity contribution in [1.29, 1.82) is 5.26 Å². The minimum absolute atomic E-state index is 0.645. The minimum atomic E-state index is 0.645. The van der Waals surface area contributed by atoms with Crippen LogP contribution < -0.4 is 10.2 Å². The smallest absolute Gasteiger partial charge is 0.0991 e. The lowest BCUT2D eigenvalue weighted by Crippen LogP contribution is -2.51. The first-order valence-electron chi connectivity index (χ1n) is 5.88. The number of nitrogens with one attached hydrogen (secondary N) is 1. The molecule has 82 valence electrons.